The van der Waals surface area contributed by atoms with E-state index in [9.17, 15) is 14.9 Å². The van der Waals surface area contributed by atoms with Gasteiger partial charge in [0.05, 0.1) is 11.5 Å². The van der Waals surface area contributed by atoms with Gasteiger partial charge in [0, 0.05) is 6.07 Å². The molecule has 126 valence electrons. The summed E-state index contributed by atoms with van der Waals surface area (Å²) in [6, 6.07) is 5.98. The quantitative estimate of drug-likeness (QED) is 0.314. The van der Waals surface area contributed by atoms with Crippen molar-refractivity contribution in [1.82, 2.24) is 0 Å². The van der Waals surface area contributed by atoms with Crippen molar-refractivity contribution in [3.05, 3.63) is 34.4 Å². The smallest absolute Gasteiger partial charge is 0.344 e. The van der Waals surface area contributed by atoms with Gasteiger partial charge in [-0.3, -0.25) is 10.1 Å². The summed E-state index contributed by atoms with van der Waals surface area (Å²) in [7, 11) is 0. The number of rotatable bonds is 8. The highest BCUT2D eigenvalue weighted by molar-refractivity contribution is 5.71. The third kappa shape index (κ3) is 5.88. The highest BCUT2D eigenvalue weighted by Gasteiger charge is 2.16. The van der Waals surface area contributed by atoms with Gasteiger partial charge in [0.15, 0.2) is 12.4 Å². The van der Waals surface area contributed by atoms with Gasteiger partial charge < -0.3 is 9.47 Å². The van der Waals surface area contributed by atoms with Crippen molar-refractivity contribution in [1.29, 1.82) is 0 Å². The molecule has 0 bridgehead atoms. The van der Waals surface area contributed by atoms with Crippen molar-refractivity contribution in [3.8, 4) is 5.75 Å². The van der Waals surface area contributed by atoms with E-state index in [4.69, 9.17) is 9.47 Å². The highest BCUT2D eigenvalue weighted by Crippen LogP contribution is 2.27. The Morgan fingerprint density at radius 2 is 1.96 bits per heavy atom. The number of nitro benzene ring substituents is 1. The zero-order chi connectivity index (χ0) is 16.5. The zero-order valence-electron chi connectivity index (χ0n) is 13.2. The van der Waals surface area contributed by atoms with E-state index >= 15 is 0 Å². The Hall–Kier alpha value is -2.11. The molecule has 0 N–H and O–H groups in total. The van der Waals surface area contributed by atoms with E-state index in [2.05, 4.69) is 0 Å². The zero-order valence-corrected chi connectivity index (χ0v) is 13.2. The van der Waals surface area contributed by atoms with Crippen LogP contribution < -0.4 is 4.74 Å². The molecule has 0 spiro atoms. The first kappa shape index (κ1) is 17.2. The van der Waals surface area contributed by atoms with Crippen molar-refractivity contribution in [2.24, 2.45) is 5.92 Å². The van der Waals surface area contributed by atoms with Crippen LogP contribution in [0.4, 0.5) is 5.69 Å². The molecule has 0 amide bonds. The molecule has 0 atom stereocenters. The Kier molecular flexibility index (Phi) is 6.84. The van der Waals surface area contributed by atoms with Gasteiger partial charge in [0.1, 0.15) is 0 Å². The Labute approximate surface area is 135 Å². The minimum absolute atomic E-state index is 0.0802. The maximum atomic E-state index is 11.6. The fourth-order valence-electron chi connectivity index (χ4n) is 2.94. The van der Waals surface area contributed by atoms with Gasteiger partial charge in [0.2, 0.25) is 0 Å². The van der Waals surface area contributed by atoms with Gasteiger partial charge in [0.25, 0.3) is 0 Å². The van der Waals surface area contributed by atoms with Crippen LogP contribution in [0.2, 0.25) is 0 Å². The summed E-state index contributed by atoms with van der Waals surface area (Å²) in [6.45, 7) is 0.0733. The largest absolute Gasteiger partial charge is 0.475 e. The molecule has 2 rings (SSSR count). The SMILES string of the molecule is O=C(COc1ccccc1[N+](=O)[O-])OCCCC1CCCCC1. The molecular weight excluding hydrogens is 298 g/mol. The number of ether oxygens (including phenoxy) is 2. The van der Waals surface area contributed by atoms with Gasteiger partial charge in [-0.15, -0.1) is 0 Å². The van der Waals surface area contributed by atoms with Gasteiger partial charge >= 0.3 is 11.7 Å². The Morgan fingerprint density at radius 1 is 1.22 bits per heavy atom. The average Bonchev–Trinajstić information content (AvgIpc) is 2.58. The summed E-state index contributed by atoms with van der Waals surface area (Å²) >= 11 is 0. The number of para-hydroxylation sites is 2. The first-order valence-corrected chi connectivity index (χ1v) is 8.18. The van der Waals surface area contributed by atoms with Crippen molar-refractivity contribution in [2.45, 2.75) is 44.9 Å². The summed E-state index contributed by atoms with van der Waals surface area (Å²) < 4.78 is 10.3. The lowest BCUT2D eigenvalue weighted by atomic mass is 9.86. The lowest BCUT2D eigenvalue weighted by molar-refractivity contribution is -0.385. The number of esters is 1. The first-order valence-electron chi connectivity index (χ1n) is 8.18. The Morgan fingerprint density at radius 3 is 2.70 bits per heavy atom. The number of nitro groups is 1. The fourth-order valence-corrected chi connectivity index (χ4v) is 2.94. The third-order valence-corrected chi connectivity index (χ3v) is 4.15. The molecule has 1 aromatic rings. The lowest BCUT2D eigenvalue weighted by Crippen LogP contribution is -2.16. The number of carbonyl (C=O) groups is 1. The Bertz CT molecular complexity index is 525. The minimum atomic E-state index is -0.537. The van der Waals surface area contributed by atoms with E-state index in [0.717, 1.165) is 18.8 Å². The number of benzene rings is 1. The predicted octanol–water partition coefficient (Wildman–Crippen LogP) is 3.88. The molecular formula is C17H23NO5. The molecule has 1 saturated carbocycles. The van der Waals surface area contributed by atoms with Crippen LogP contribution in [0.25, 0.3) is 0 Å². The van der Waals surface area contributed by atoms with Crippen LogP contribution in [-0.4, -0.2) is 24.1 Å². The van der Waals surface area contributed by atoms with Crippen LogP contribution in [-0.2, 0) is 9.53 Å². The van der Waals surface area contributed by atoms with Crippen LogP contribution >= 0.6 is 0 Å². The second-order valence-corrected chi connectivity index (χ2v) is 5.88. The first-order chi connectivity index (χ1) is 11.2. The van der Waals surface area contributed by atoms with E-state index in [1.807, 2.05) is 0 Å². The number of nitrogens with zero attached hydrogens (tertiary/aromatic N) is 1. The van der Waals surface area contributed by atoms with Gasteiger partial charge in [-0.05, 0) is 24.8 Å². The summed E-state index contributed by atoms with van der Waals surface area (Å²) in [5, 5.41) is 10.8. The van der Waals surface area contributed by atoms with E-state index in [0.29, 0.717) is 6.61 Å². The maximum Gasteiger partial charge on any atom is 0.344 e. The van der Waals surface area contributed by atoms with Crippen molar-refractivity contribution < 1.29 is 19.2 Å². The summed E-state index contributed by atoms with van der Waals surface area (Å²) in [5.74, 6) is 0.356. The normalized spacial score (nSPS) is 15.1. The molecule has 0 heterocycles. The van der Waals surface area contributed by atoms with Crippen LogP contribution in [0.1, 0.15) is 44.9 Å². The van der Waals surface area contributed by atoms with Crippen LogP contribution in [0.5, 0.6) is 5.75 Å². The van der Waals surface area contributed by atoms with Gasteiger partial charge in [-0.1, -0.05) is 44.2 Å². The van der Waals surface area contributed by atoms with E-state index < -0.39 is 10.9 Å². The summed E-state index contributed by atoms with van der Waals surface area (Å²) in [6.07, 6.45) is 8.50. The molecule has 6 heteroatoms. The standard InChI is InChI=1S/C17H23NO5/c19-17(22-12-6-9-14-7-2-1-3-8-14)13-23-16-11-5-4-10-15(16)18(20)21/h4-5,10-11,14H,1-3,6-9,12-13H2. The van der Waals surface area contributed by atoms with Crippen molar-refractivity contribution >= 4 is 11.7 Å². The monoisotopic (exact) mass is 321 g/mol. The highest BCUT2D eigenvalue weighted by atomic mass is 16.6. The molecule has 23 heavy (non-hydrogen) atoms. The molecule has 0 aliphatic heterocycles. The molecule has 0 aromatic heterocycles. The van der Waals surface area contributed by atoms with Crippen LogP contribution in [0.15, 0.2) is 24.3 Å². The van der Waals surface area contributed by atoms with Gasteiger partial charge in [-0.2, -0.15) is 0 Å². The lowest BCUT2D eigenvalue weighted by Gasteiger charge is -2.21. The van der Waals surface area contributed by atoms with Crippen LogP contribution in [0, 0.1) is 16.0 Å². The second-order valence-electron chi connectivity index (χ2n) is 5.88. The van der Waals surface area contributed by atoms with Crippen molar-refractivity contribution in [3.63, 3.8) is 0 Å². The predicted molar refractivity (Wildman–Crippen MR) is 85.4 cm³/mol. The summed E-state index contributed by atoms with van der Waals surface area (Å²) in [4.78, 5) is 21.9. The Balaban J connectivity index is 1.64. The second kappa shape index (κ2) is 9.12. The molecule has 1 aromatic carbocycles. The minimum Gasteiger partial charge on any atom is -0.475 e. The number of carbonyl (C=O) groups excluding carboxylic acids is 1. The topological polar surface area (TPSA) is 78.7 Å². The summed E-state index contributed by atoms with van der Waals surface area (Å²) in [5.41, 5.74) is -0.155. The maximum absolute atomic E-state index is 11.6. The fraction of sp³-hybridized carbons (Fsp3) is 0.588. The van der Waals surface area contributed by atoms with Crippen molar-refractivity contribution in [2.75, 3.05) is 13.2 Å². The van der Waals surface area contributed by atoms with E-state index in [1.165, 1.54) is 44.2 Å². The van der Waals surface area contributed by atoms with E-state index in [-0.39, 0.29) is 18.0 Å². The number of hydrogen-bond acceptors (Lipinski definition) is 5. The molecule has 0 saturated heterocycles. The molecule has 0 unspecified atom stereocenters. The molecule has 1 aliphatic rings. The molecule has 6 nitrogen and oxygen atoms in total. The number of hydrogen-bond donors (Lipinski definition) is 0. The van der Waals surface area contributed by atoms with Crippen LogP contribution in [0.3, 0.4) is 0 Å². The molecule has 1 aliphatic carbocycles. The molecule has 1 fully saturated rings. The van der Waals surface area contributed by atoms with E-state index in [1.54, 1.807) is 12.1 Å². The third-order valence-electron chi connectivity index (χ3n) is 4.15. The average molecular weight is 321 g/mol. The van der Waals surface area contributed by atoms with Gasteiger partial charge in [-0.25, -0.2) is 4.79 Å². The molecule has 0 radical (unpaired) electrons.